The predicted octanol–water partition coefficient (Wildman–Crippen LogP) is 3.67. The fourth-order valence-electron chi connectivity index (χ4n) is 3.44. The van der Waals surface area contributed by atoms with Crippen molar-refractivity contribution in [2.45, 2.75) is 52.0 Å². The second kappa shape index (κ2) is 7.04. The lowest BCUT2D eigenvalue weighted by atomic mass is 9.72. The quantitative estimate of drug-likeness (QED) is 0.873. The Labute approximate surface area is 118 Å². The van der Waals surface area contributed by atoms with Crippen LogP contribution < -0.4 is 5.32 Å². The highest BCUT2D eigenvalue weighted by Gasteiger charge is 2.29. The minimum absolute atomic E-state index is 0.662. The summed E-state index contributed by atoms with van der Waals surface area (Å²) >= 11 is 0. The van der Waals surface area contributed by atoms with Crippen LogP contribution in [0, 0.1) is 17.8 Å². The van der Waals surface area contributed by atoms with Crippen LogP contribution in [-0.2, 0) is 6.42 Å². The fraction of sp³-hybridized carbons (Fsp3) is 0.706. The number of nitrogens with one attached hydrogen (secondary N) is 1. The third-order valence-corrected chi connectivity index (χ3v) is 5.05. The van der Waals surface area contributed by atoms with Crippen molar-refractivity contribution < 1.29 is 0 Å². The zero-order valence-corrected chi connectivity index (χ0v) is 12.6. The highest BCUT2D eigenvalue weighted by Crippen LogP contribution is 2.35. The summed E-state index contributed by atoms with van der Waals surface area (Å²) in [5, 5.41) is 3.56. The third kappa shape index (κ3) is 4.04. The Kier molecular flexibility index (Phi) is 5.38. The zero-order chi connectivity index (χ0) is 13.7. The van der Waals surface area contributed by atoms with Gasteiger partial charge in [-0.2, -0.15) is 0 Å². The zero-order valence-electron chi connectivity index (χ0n) is 12.6. The van der Waals surface area contributed by atoms with Gasteiger partial charge in [-0.25, -0.2) is 0 Å². The van der Waals surface area contributed by atoms with E-state index in [2.05, 4.69) is 37.3 Å². The first-order valence-electron chi connectivity index (χ1n) is 7.77. The van der Waals surface area contributed by atoms with Gasteiger partial charge in [0.25, 0.3) is 0 Å². The Morgan fingerprint density at radius 2 is 2.16 bits per heavy atom. The summed E-state index contributed by atoms with van der Waals surface area (Å²) in [7, 11) is 2.12. The van der Waals surface area contributed by atoms with E-state index in [1.807, 2.05) is 18.5 Å². The largest absolute Gasteiger partial charge is 0.317 e. The first kappa shape index (κ1) is 14.5. The van der Waals surface area contributed by atoms with Crippen LogP contribution in [0.4, 0.5) is 0 Å². The molecular weight excluding hydrogens is 232 g/mol. The maximum absolute atomic E-state index is 4.20. The second-order valence-corrected chi connectivity index (χ2v) is 6.32. The molecule has 2 nitrogen and oxygen atoms in total. The van der Waals surface area contributed by atoms with Crippen LogP contribution in [0.3, 0.4) is 0 Å². The average Bonchev–Trinajstić information content (AvgIpc) is 2.44. The minimum atomic E-state index is 0.662. The number of rotatable bonds is 5. The molecule has 1 fully saturated rings. The van der Waals surface area contributed by atoms with E-state index < -0.39 is 0 Å². The molecule has 4 atom stereocenters. The van der Waals surface area contributed by atoms with Crippen molar-refractivity contribution in [2.24, 2.45) is 17.8 Å². The van der Waals surface area contributed by atoms with E-state index in [0.717, 1.165) is 24.2 Å². The van der Waals surface area contributed by atoms with Crippen molar-refractivity contribution in [1.82, 2.24) is 10.3 Å². The summed E-state index contributed by atoms with van der Waals surface area (Å²) in [6.45, 7) is 4.83. The minimum Gasteiger partial charge on any atom is -0.317 e. The van der Waals surface area contributed by atoms with Gasteiger partial charge in [-0.3, -0.25) is 4.98 Å². The maximum Gasteiger partial charge on any atom is 0.0299 e. The van der Waals surface area contributed by atoms with E-state index in [4.69, 9.17) is 0 Å². The van der Waals surface area contributed by atoms with Gasteiger partial charge in [-0.05, 0) is 62.1 Å². The molecule has 4 unspecified atom stereocenters. The number of aromatic nitrogens is 1. The highest BCUT2D eigenvalue weighted by molar-refractivity contribution is 5.08. The van der Waals surface area contributed by atoms with Gasteiger partial charge < -0.3 is 5.32 Å². The monoisotopic (exact) mass is 260 g/mol. The summed E-state index contributed by atoms with van der Waals surface area (Å²) in [4.78, 5) is 4.20. The van der Waals surface area contributed by atoms with Crippen LogP contribution in [0.5, 0.6) is 0 Å². The molecule has 0 radical (unpaired) electrons. The molecule has 1 aromatic rings. The van der Waals surface area contributed by atoms with Gasteiger partial charge in [-0.15, -0.1) is 0 Å². The smallest absolute Gasteiger partial charge is 0.0299 e. The molecule has 0 saturated heterocycles. The molecule has 1 saturated carbocycles. The van der Waals surface area contributed by atoms with E-state index >= 15 is 0 Å². The van der Waals surface area contributed by atoms with E-state index in [1.165, 1.54) is 31.2 Å². The molecule has 0 amide bonds. The van der Waals surface area contributed by atoms with Gasteiger partial charge in [-0.1, -0.05) is 26.3 Å². The van der Waals surface area contributed by atoms with Gasteiger partial charge in [0.05, 0.1) is 0 Å². The highest BCUT2D eigenvalue weighted by atomic mass is 14.9. The predicted molar refractivity (Wildman–Crippen MR) is 81.1 cm³/mol. The van der Waals surface area contributed by atoms with Gasteiger partial charge in [0.2, 0.25) is 0 Å². The Balaban J connectivity index is 1.86. The summed E-state index contributed by atoms with van der Waals surface area (Å²) in [6, 6.07) is 4.88. The Bertz CT molecular complexity index is 363. The Hall–Kier alpha value is -0.890. The number of hydrogen-bond donors (Lipinski definition) is 1. The molecule has 0 aromatic carbocycles. The Morgan fingerprint density at radius 3 is 2.79 bits per heavy atom. The van der Waals surface area contributed by atoms with E-state index in [-0.39, 0.29) is 0 Å². The number of pyridine rings is 1. The van der Waals surface area contributed by atoms with Crippen molar-refractivity contribution in [3.63, 3.8) is 0 Å². The van der Waals surface area contributed by atoms with Crippen LogP contribution in [0.15, 0.2) is 24.5 Å². The molecular formula is C17H28N2. The van der Waals surface area contributed by atoms with E-state index in [9.17, 15) is 0 Å². The number of nitrogens with zero attached hydrogens (tertiary/aromatic N) is 1. The molecule has 0 spiro atoms. The second-order valence-electron chi connectivity index (χ2n) is 6.32. The molecule has 106 valence electrons. The van der Waals surface area contributed by atoms with Crippen molar-refractivity contribution in [3.8, 4) is 0 Å². The topological polar surface area (TPSA) is 24.9 Å². The van der Waals surface area contributed by atoms with Crippen molar-refractivity contribution in [1.29, 1.82) is 0 Å². The van der Waals surface area contributed by atoms with E-state index in [1.54, 1.807) is 0 Å². The van der Waals surface area contributed by atoms with Gasteiger partial charge in [0.15, 0.2) is 0 Å². The summed E-state index contributed by atoms with van der Waals surface area (Å²) in [5.74, 6) is 2.65. The number of hydrogen-bond acceptors (Lipinski definition) is 2. The fourth-order valence-corrected chi connectivity index (χ4v) is 3.44. The lowest BCUT2D eigenvalue weighted by Crippen LogP contribution is -2.38. The van der Waals surface area contributed by atoms with Crippen molar-refractivity contribution in [3.05, 3.63) is 30.1 Å². The standard InChI is InChI=1S/C17H28N2/c1-13-6-8-16(11-14(13)2)17(18-3)9-7-15-5-4-10-19-12-15/h4-5,10,12-14,16-18H,6-9,11H2,1-3H3. The summed E-state index contributed by atoms with van der Waals surface area (Å²) in [6.07, 6.45) is 10.4. The first-order valence-corrected chi connectivity index (χ1v) is 7.77. The van der Waals surface area contributed by atoms with Crippen LogP contribution in [0.1, 0.15) is 45.1 Å². The van der Waals surface area contributed by atoms with Gasteiger partial charge >= 0.3 is 0 Å². The van der Waals surface area contributed by atoms with Crippen LogP contribution in [0.25, 0.3) is 0 Å². The molecule has 2 rings (SSSR count). The summed E-state index contributed by atoms with van der Waals surface area (Å²) in [5.41, 5.74) is 1.36. The first-order chi connectivity index (χ1) is 9.20. The third-order valence-electron chi connectivity index (χ3n) is 5.05. The molecule has 1 heterocycles. The molecule has 19 heavy (non-hydrogen) atoms. The number of aryl methyl sites for hydroxylation is 1. The van der Waals surface area contributed by atoms with E-state index in [0.29, 0.717) is 6.04 Å². The maximum atomic E-state index is 4.20. The molecule has 0 aliphatic heterocycles. The lowest BCUT2D eigenvalue weighted by molar-refractivity contribution is 0.170. The van der Waals surface area contributed by atoms with Crippen molar-refractivity contribution >= 4 is 0 Å². The molecule has 1 aliphatic rings. The normalized spacial score (nSPS) is 29.1. The van der Waals surface area contributed by atoms with Gasteiger partial charge in [0, 0.05) is 18.4 Å². The van der Waals surface area contributed by atoms with Crippen LogP contribution in [0.2, 0.25) is 0 Å². The summed E-state index contributed by atoms with van der Waals surface area (Å²) < 4.78 is 0. The average molecular weight is 260 g/mol. The molecule has 2 heteroatoms. The van der Waals surface area contributed by atoms with Crippen LogP contribution in [-0.4, -0.2) is 18.1 Å². The Morgan fingerprint density at radius 1 is 1.32 bits per heavy atom. The molecule has 1 N–H and O–H groups in total. The SMILES string of the molecule is CNC(CCc1cccnc1)C1CCC(C)C(C)C1. The lowest BCUT2D eigenvalue weighted by Gasteiger charge is -2.36. The molecule has 1 aromatic heterocycles. The van der Waals surface area contributed by atoms with Crippen molar-refractivity contribution in [2.75, 3.05) is 7.05 Å². The van der Waals surface area contributed by atoms with Gasteiger partial charge in [0.1, 0.15) is 0 Å². The molecule has 1 aliphatic carbocycles. The molecule has 0 bridgehead atoms. The van der Waals surface area contributed by atoms with Crippen LogP contribution >= 0.6 is 0 Å².